The summed E-state index contributed by atoms with van der Waals surface area (Å²) in [6, 6.07) is 9.55. The van der Waals surface area contributed by atoms with Crippen molar-refractivity contribution >= 4 is 21.6 Å². The van der Waals surface area contributed by atoms with Crippen LogP contribution in [0.25, 0.3) is 0 Å². The molecule has 0 bridgehead atoms. The van der Waals surface area contributed by atoms with Crippen LogP contribution in [0.4, 0.5) is 5.69 Å². The molecule has 0 saturated carbocycles. The Hall–Kier alpha value is -2.41. The van der Waals surface area contributed by atoms with E-state index in [-0.39, 0.29) is 16.4 Å². The van der Waals surface area contributed by atoms with Crippen molar-refractivity contribution in [2.45, 2.75) is 31.1 Å². The molecule has 0 aliphatic rings. The molecule has 134 valence electrons. The van der Waals surface area contributed by atoms with Crippen LogP contribution in [-0.4, -0.2) is 32.9 Å². The number of unbranched alkanes of at least 4 members (excludes halogenated alkanes) is 2. The minimum absolute atomic E-state index is 0.0191. The fourth-order valence-corrected chi connectivity index (χ4v) is 3.75. The van der Waals surface area contributed by atoms with Crippen LogP contribution in [0, 0.1) is 0 Å². The zero-order chi connectivity index (χ0) is 18.3. The SMILES string of the molecule is CCCCCNC(=O)c1ccccc1S(=O)(=O)N(C)c1cccnc1. The lowest BCUT2D eigenvalue weighted by Gasteiger charge is -2.20. The summed E-state index contributed by atoms with van der Waals surface area (Å²) >= 11 is 0. The number of nitrogens with one attached hydrogen (secondary N) is 1. The molecule has 1 aromatic carbocycles. The predicted octanol–water partition coefficient (Wildman–Crippen LogP) is 2.83. The van der Waals surface area contributed by atoms with Crippen molar-refractivity contribution in [3.05, 3.63) is 54.4 Å². The summed E-state index contributed by atoms with van der Waals surface area (Å²) in [5.41, 5.74) is 0.579. The summed E-state index contributed by atoms with van der Waals surface area (Å²) in [5.74, 6) is -0.380. The maximum atomic E-state index is 13.0. The molecule has 1 aromatic heterocycles. The second-order valence-electron chi connectivity index (χ2n) is 5.64. The van der Waals surface area contributed by atoms with Crippen LogP contribution in [0.5, 0.6) is 0 Å². The van der Waals surface area contributed by atoms with Crippen molar-refractivity contribution in [1.82, 2.24) is 10.3 Å². The Morgan fingerprint density at radius 2 is 1.92 bits per heavy atom. The standard InChI is InChI=1S/C18H23N3O3S/c1-3-4-7-13-20-18(22)16-10-5-6-11-17(16)25(23,24)21(2)15-9-8-12-19-14-15/h5-6,8-12,14H,3-4,7,13H2,1-2H3,(H,20,22). The molecule has 0 aliphatic heterocycles. The van der Waals surface area contributed by atoms with E-state index in [4.69, 9.17) is 0 Å². The first kappa shape index (κ1) is 18.9. The minimum atomic E-state index is -3.87. The number of rotatable bonds is 8. The minimum Gasteiger partial charge on any atom is -0.352 e. The third-order valence-electron chi connectivity index (χ3n) is 3.85. The van der Waals surface area contributed by atoms with E-state index in [1.54, 1.807) is 30.5 Å². The summed E-state index contributed by atoms with van der Waals surface area (Å²) in [6.07, 6.45) is 5.97. The number of benzene rings is 1. The zero-order valence-corrected chi connectivity index (χ0v) is 15.3. The average Bonchev–Trinajstić information content (AvgIpc) is 2.65. The molecular formula is C18H23N3O3S. The molecular weight excluding hydrogens is 338 g/mol. The van der Waals surface area contributed by atoms with Crippen LogP contribution in [0.3, 0.4) is 0 Å². The fourth-order valence-electron chi connectivity index (χ4n) is 2.38. The van der Waals surface area contributed by atoms with E-state index in [0.717, 1.165) is 23.6 Å². The smallest absolute Gasteiger partial charge is 0.264 e. The van der Waals surface area contributed by atoms with Gasteiger partial charge in [0.25, 0.3) is 15.9 Å². The Labute approximate surface area is 148 Å². The van der Waals surface area contributed by atoms with Gasteiger partial charge in [-0.05, 0) is 30.7 Å². The maximum Gasteiger partial charge on any atom is 0.264 e. The molecule has 0 aliphatic carbocycles. The van der Waals surface area contributed by atoms with E-state index in [1.165, 1.54) is 25.4 Å². The Morgan fingerprint density at radius 1 is 1.16 bits per heavy atom. The summed E-state index contributed by atoms with van der Waals surface area (Å²) in [7, 11) is -2.42. The predicted molar refractivity (Wildman–Crippen MR) is 98.1 cm³/mol. The third kappa shape index (κ3) is 4.57. The first-order valence-corrected chi connectivity index (χ1v) is 9.68. The summed E-state index contributed by atoms with van der Waals surface area (Å²) < 4.78 is 27.0. The van der Waals surface area contributed by atoms with E-state index < -0.39 is 10.0 Å². The van der Waals surface area contributed by atoms with Gasteiger partial charge in [-0.1, -0.05) is 31.9 Å². The molecule has 6 nitrogen and oxygen atoms in total. The number of sulfonamides is 1. The second kappa shape index (κ2) is 8.62. The number of carbonyl (C=O) groups excluding carboxylic acids is 1. The van der Waals surface area contributed by atoms with Crippen LogP contribution in [0.1, 0.15) is 36.5 Å². The van der Waals surface area contributed by atoms with Crippen LogP contribution < -0.4 is 9.62 Å². The Kier molecular flexibility index (Phi) is 6.52. The number of nitrogens with zero attached hydrogens (tertiary/aromatic N) is 2. The van der Waals surface area contributed by atoms with Gasteiger partial charge in [0.15, 0.2) is 0 Å². The van der Waals surface area contributed by atoms with Gasteiger partial charge in [0.2, 0.25) is 0 Å². The highest BCUT2D eigenvalue weighted by molar-refractivity contribution is 7.92. The van der Waals surface area contributed by atoms with Crippen LogP contribution in [-0.2, 0) is 10.0 Å². The Balaban J connectivity index is 2.28. The molecule has 7 heteroatoms. The normalized spacial score (nSPS) is 11.1. The van der Waals surface area contributed by atoms with Gasteiger partial charge in [0, 0.05) is 19.8 Å². The number of anilines is 1. The zero-order valence-electron chi connectivity index (χ0n) is 14.5. The number of hydrogen-bond acceptors (Lipinski definition) is 4. The van der Waals surface area contributed by atoms with E-state index in [1.807, 2.05) is 0 Å². The van der Waals surface area contributed by atoms with Gasteiger partial charge in [0.05, 0.1) is 17.4 Å². The molecule has 0 unspecified atom stereocenters. The van der Waals surface area contributed by atoms with Crippen LogP contribution in [0.2, 0.25) is 0 Å². The van der Waals surface area contributed by atoms with Crippen molar-refractivity contribution in [1.29, 1.82) is 0 Å². The lowest BCUT2D eigenvalue weighted by atomic mass is 10.2. The molecule has 0 spiro atoms. The highest BCUT2D eigenvalue weighted by Gasteiger charge is 2.26. The van der Waals surface area contributed by atoms with E-state index in [0.29, 0.717) is 12.2 Å². The number of carbonyl (C=O) groups is 1. The molecule has 1 heterocycles. The van der Waals surface area contributed by atoms with Crippen molar-refractivity contribution in [3.8, 4) is 0 Å². The second-order valence-corrected chi connectivity index (χ2v) is 7.58. The van der Waals surface area contributed by atoms with Crippen molar-refractivity contribution in [3.63, 3.8) is 0 Å². The molecule has 0 radical (unpaired) electrons. The monoisotopic (exact) mass is 361 g/mol. The molecule has 2 aromatic rings. The maximum absolute atomic E-state index is 13.0. The van der Waals surface area contributed by atoms with Crippen LogP contribution >= 0.6 is 0 Å². The molecule has 1 N–H and O–H groups in total. The van der Waals surface area contributed by atoms with Gasteiger partial charge >= 0.3 is 0 Å². The Bertz CT molecular complexity index is 807. The first-order valence-electron chi connectivity index (χ1n) is 8.24. The number of hydrogen-bond donors (Lipinski definition) is 1. The van der Waals surface area contributed by atoms with Crippen molar-refractivity contribution in [2.24, 2.45) is 0 Å². The fraction of sp³-hybridized carbons (Fsp3) is 0.333. The summed E-state index contributed by atoms with van der Waals surface area (Å²) in [6.45, 7) is 2.61. The molecule has 0 saturated heterocycles. The Morgan fingerprint density at radius 3 is 2.60 bits per heavy atom. The summed E-state index contributed by atoms with van der Waals surface area (Å²) in [5, 5.41) is 2.79. The largest absolute Gasteiger partial charge is 0.352 e. The number of aromatic nitrogens is 1. The topological polar surface area (TPSA) is 79.4 Å². The highest BCUT2D eigenvalue weighted by atomic mass is 32.2. The first-order chi connectivity index (χ1) is 12.0. The number of amides is 1. The number of pyridine rings is 1. The van der Waals surface area contributed by atoms with E-state index in [2.05, 4.69) is 17.2 Å². The lowest BCUT2D eigenvalue weighted by molar-refractivity contribution is 0.0949. The van der Waals surface area contributed by atoms with E-state index >= 15 is 0 Å². The molecule has 0 fully saturated rings. The lowest BCUT2D eigenvalue weighted by Crippen LogP contribution is -2.31. The molecule has 2 rings (SSSR count). The summed E-state index contributed by atoms with van der Waals surface area (Å²) in [4.78, 5) is 16.4. The van der Waals surface area contributed by atoms with Gasteiger partial charge in [0.1, 0.15) is 4.90 Å². The quantitative estimate of drug-likeness (QED) is 0.733. The van der Waals surface area contributed by atoms with Gasteiger partial charge in [-0.3, -0.25) is 14.1 Å². The van der Waals surface area contributed by atoms with Gasteiger partial charge in [-0.15, -0.1) is 0 Å². The van der Waals surface area contributed by atoms with Gasteiger partial charge < -0.3 is 5.32 Å². The molecule has 25 heavy (non-hydrogen) atoms. The van der Waals surface area contributed by atoms with Gasteiger partial charge in [-0.2, -0.15) is 0 Å². The highest BCUT2D eigenvalue weighted by Crippen LogP contribution is 2.23. The van der Waals surface area contributed by atoms with E-state index in [9.17, 15) is 13.2 Å². The van der Waals surface area contributed by atoms with Gasteiger partial charge in [-0.25, -0.2) is 8.42 Å². The van der Waals surface area contributed by atoms with Crippen molar-refractivity contribution in [2.75, 3.05) is 17.9 Å². The molecule has 0 atom stereocenters. The molecule has 1 amide bonds. The van der Waals surface area contributed by atoms with Crippen LogP contribution in [0.15, 0.2) is 53.7 Å². The third-order valence-corrected chi connectivity index (χ3v) is 5.69. The average molecular weight is 361 g/mol. The van der Waals surface area contributed by atoms with Crippen molar-refractivity contribution < 1.29 is 13.2 Å².